The molecule has 12 heteroatoms. The van der Waals surface area contributed by atoms with E-state index in [0.717, 1.165) is 18.4 Å². The third-order valence-corrected chi connectivity index (χ3v) is 6.70. The number of carbonyl (C=O) groups is 5. The Kier molecular flexibility index (Phi) is 16.5. The Morgan fingerprint density at radius 3 is 2.23 bits per heavy atom. The van der Waals surface area contributed by atoms with E-state index < -0.39 is 29.5 Å². The van der Waals surface area contributed by atoms with E-state index in [2.05, 4.69) is 5.32 Å². The number of unbranched alkanes of at least 4 members (excludes halogenated alkanes) is 2. The Hall–Kier alpha value is -4.03. The number of benzene rings is 2. The van der Waals surface area contributed by atoms with Gasteiger partial charge in [0.15, 0.2) is 0 Å². The molecule has 10 nitrogen and oxygen atoms in total. The summed E-state index contributed by atoms with van der Waals surface area (Å²) in [6.07, 6.45) is 4.51. The number of alkyl halides is 2. The van der Waals surface area contributed by atoms with E-state index in [-0.39, 0.29) is 42.8 Å². The van der Waals surface area contributed by atoms with Gasteiger partial charge in [0.1, 0.15) is 12.6 Å². The molecular weight excluding hydrogens is 562 g/mol. The van der Waals surface area contributed by atoms with Gasteiger partial charge in [-0.2, -0.15) is 8.78 Å². The number of aryl methyl sites for hydroxylation is 1. The monoisotopic (exact) mass is 604 g/mol. The van der Waals surface area contributed by atoms with Crippen molar-refractivity contribution in [3.63, 3.8) is 0 Å². The molecule has 0 saturated carbocycles. The quantitative estimate of drug-likeness (QED) is 0.0698. The molecule has 2 aromatic rings. The fourth-order valence-electron chi connectivity index (χ4n) is 4.20. The molecule has 0 aliphatic rings. The number of nitrogens with zero attached hydrogens (tertiary/aromatic N) is 1. The first-order chi connectivity index (χ1) is 20.5. The fourth-order valence-corrected chi connectivity index (χ4v) is 4.20. The van der Waals surface area contributed by atoms with Crippen molar-refractivity contribution in [1.29, 1.82) is 0 Å². The molecule has 2 rings (SSSR count). The lowest BCUT2D eigenvalue weighted by atomic mass is 10.0. The second-order valence-electron chi connectivity index (χ2n) is 9.68. The van der Waals surface area contributed by atoms with Crippen LogP contribution in [-0.2, 0) is 33.4 Å². The third-order valence-electron chi connectivity index (χ3n) is 6.70. The highest BCUT2D eigenvalue weighted by molar-refractivity contribution is 5.95. The SMILES string of the molecule is CC.CNC(=O)CCC(C=O)N(C)Cc1cc(C(=O)NC(F)(F)c2ccc(CCCCCC(=O)NO)cc2)ccc1C=O. The maximum atomic E-state index is 14.9. The van der Waals surface area contributed by atoms with Gasteiger partial charge in [-0.15, -0.1) is 0 Å². The van der Waals surface area contributed by atoms with Gasteiger partial charge in [0.05, 0.1) is 6.04 Å². The highest BCUT2D eigenvalue weighted by Crippen LogP contribution is 2.26. The first-order valence-corrected chi connectivity index (χ1v) is 14.2. The Balaban J connectivity index is 0.00000452. The summed E-state index contributed by atoms with van der Waals surface area (Å²) in [5.41, 5.74) is 2.52. The zero-order valence-electron chi connectivity index (χ0n) is 25.1. The predicted molar refractivity (Wildman–Crippen MR) is 158 cm³/mol. The van der Waals surface area contributed by atoms with Gasteiger partial charge in [0.25, 0.3) is 5.91 Å². The zero-order valence-corrected chi connectivity index (χ0v) is 25.1. The predicted octanol–water partition coefficient (Wildman–Crippen LogP) is 4.14. The fraction of sp³-hybridized carbons (Fsp3) is 0.452. The molecule has 4 N–H and O–H groups in total. The summed E-state index contributed by atoms with van der Waals surface area (Å²) in [7, 11) is 3.11. The molecule has 0 spiro atoms. The minimum Gasteiger partial charge on any atom is -0.359 e. The van der Waals surface area contributed by atoms with Crippen molar-refractivity contribution < 1.29 is 38.0 Å². The largest absolute Gasteiger partial charge is 0.359 e. The van der Waals surface area contributed by atoms with E-state index in [1.807, 2.05) is 13.8 Å². The molecule has 3 amide bonds. The zero-order chi connectivity index (χ0) is 32.4. The molecule has 236 valence electrons. The van der Waals surface area contributed by atoms with Crippen LogP contribution in [0.5, 0.6) is 0 Å². The highest BCUT2D eigenvalue weighted by atomic mass is 19.3. The third kappa shape index (κ3) is 12.4. The number of carbonyl (C=O) groups excluding carboxylic acids is 5. The summed E-state index contributed by atoms with van der Waals surface area (Å²) in [5, 5.41) is 12.7. The van der Waals surface area contributed by atoms with Crippen molar-refractivity contribution in [2.45, 2.75) is 77.4 Å². The van der Waals surface area contributed by atoms with Crippen LogP contribution in [0.15, 0.2) is 42.5 Å². The van der Waals surface area contributed by atoms with E-state index in [9.17, 15) is 32.8 Å². The van der Waals surface area contributed by atoms with Gasteiger partial charge in [-0.3, -0.25) is 34.6 Å². The summed E-state index contributed by atoms with van der Waals surface area (Å²) in [4.78, 5) is 60.1. The molecule has 0 aliphatic carbocycles. The lowest BCUT2D eigenvalue weighted by Gasteiger charge is -2.24. The normalized spacial score (nSPS) is 11.5. The molecule has 1 unspecified atom stereocenters. The second kappa shape index (κ2) is 19.2. The number of hydroxylamine groups is 1. The molecule has 0 aliphatic heterocycles. The van der Waals surface area contributed by atoms with Crippen LogP contribution in [0.1, 0.15) is 89.8 Å². The number of halogens is 2. The topological polar surface area (TPSA) is 145 Å². The van der Waals surface area contributed by atoms with Gasteiger partial charge >= 0.3 is 6.05 Å². The Labute approximate surface area is 251 Å². The number of rotatable bonds is 17. The molecule has 0 saturated heterocycles. The van der Waals surface area contributed by atoms with Crippen molar-refractivity contribution in [2.75, 3.05) is 14.1 Å². The van der Waals surface area contributed by atoms with Gasteiger partial charge in [-0.05, 0) is 56.0 Å². The minimum atomic E-state index is -3.67. The molecule has 0 heterocycles. The smallest absolute Gasteiger partial charge is 0.352 e. The van der Waals surface area contributed by atoms with Gasteiger partial charge in [0, 0.05) is 43.1 Å². The molecular formula is C31H42F2N4O6. The number of aldehydes is 2. The molecule has 0 aromatic heterocycles. The van der Waals surface area contributed by atoms with Crippen molar-refractivity contribution in [3.8, 4) is 0 Å². The summed E-state index contributed by atoms with van der Waals surface area (Å²) < 4.78 is 29.9. The molecule has 0 radical (unpaired) electrons. The van der Waals surface area contributed by atoms with Crippen LogP contribution in [-0.4, -0.2) is 60.5 Å². The van der Waals surface area contributed by atoms with Crippen LogP contribution in [0.2, 0.25) is 0 Å². The molecule has 2 aromatic carbocycles. The average Bonchev–Trinajstić information content (AvgIpc) is 3.01. The van der Waals surface area contributed by atoms with E-state index in [0.29, 0.717) is 31.0 Å². The average molecular weight is 605 g/mol. The molecule has 0 fully saturated rings. The maximum absolute atomic E-state index is 14.9. The van der Waals surface area contributed by atoms with Crippen LogP contribution in [0.25, 0.3) is 0 Å². The van der Waals surface area contributed by atoms with Crippen LogP contribution >= 0.6 is 0 Å². The van der Waals surface area contributed by atoms with Crippen molar-refractivity contribution in [1.82, 2.24) is 21.0 Å². The summed E-state index contributed by atoms with van der Waals surface area (Å²) >= 11 is 0. The summed E-state index contributed by atoms with van der Waals surface area (Å²) in [6, 6.07) is 5.24. The lowest BCUT2D eigenvalue weighted by molar-refractivity contribution is -0.129. The van der Waals surface area contributed by atoms with Crippen molar-refractivity contribution in [2.24, 2.45) is 0 Å². The second-order valence-corrected chi connectivity index (χ2v) is 9.68. The standard InChI is InChI=1S/C29H36F2N4O6.C2H6/c1-32-26(38)15-14-25(19-37)35(2)17-23-16-21(10-11-22(23)18-36)28(40)33-29(30,31)24-12-8-20(9-13-24)6-4-3-5-7-27(39)34-41;1-2/h8-13,16,18-19,25,41H,3-7,14-15,17H2,1-2H3,(H,32,38)(H,33,40)(H,34,39);1-2H3. The Morgan fingerprint density at radius 1 is 0.977 bits per heavy atom. The van der Waals surface area contributed by atoms with Crippen LogP contribution in [0, 0.1) is 0 Å². The Bertz CT molecular complexity index is 1210. The molecule has 0 bridgehead atoms. The van der Waals surface area contributed by atoms with Crippen LogP contribution < -0.4 is 16.1 Å². The minimum absolute atomic E-state index is 0.0683. The van der Waals surface area contributed by atoms with Crippen molar-refractivity contribution in [3.05, 3.63) is 70.3 Å². The van der Waals surface area contributed by atoms with Gasteiger partial charge < -0.3 is 10.1 Å². The van der Waals surface area contributed by atoms with E-state index in [1.54, 1.807) is 34.9 Å². The van der Waals surface area contributed by atoms with Crippen LogP contribution in [0.3, 0.4) is 0 Å². The Morgan fingerprint density at radius 2 is 1.65 bits per heavy atom. The van der Waals surface area contributed by atoms with E-state index in [1.165, 1.54) is 37.4 Å². The van der Waals surface area contributed by atoms with E-state index in [4.69, 9.17) is 5.21 Å². The van der Waals surface area contributed by atoms with Gasteiger partial charge in [-0.25, -0.2) is 5.48 Å². The molecule has 1 atom stereocenters. The first-order valence-electron chi connectivity index (χ1n) is 14.2. The maximum Gasteiger partial charge on any atom is 0.352 e. The summed E-state index contributed by atoms with van der Waals surface area (Å²) in [5.74, 6) is -1.73. The lowest BCUT2D eigenvalue weighted by Crippen LogP contribution is -2.39. The van der Waals surface area contributed by atoms with Gasteiger partial charge in [0.2, 0.25) is 11.8 Å². The summed E-state index contributed by atoms with van der Waals surface area (Å²) in [6.45, 7) is 4.07. The first kappa shape index (κ1) is 37.0. The van der Waals surface area contributed by atoms with E-state index >= 15 is 0 Å². The number of hydrogen-bond acceptors (Lipinski definition) is 7. The van der Waals surface area contributed by atoms with Crippen LogP contribution in [0.4, 0.5) is 8.78 Å². The number of hydrogen-bond donors (Lipinski definition) is 4. The number of nitrogens with one attached hydrogen (secondary N) is 3. The van der Waals surface area contributed by atoms with Gasteiger partial charge in [-0.1, -0.05) is 50.6 Å². The van der Waals surface area contributed by atoms with Crippen molar-refractivity contribution >= 4 is 30.3 Å². The molecule has 43 heavy (non-hydrogen) atoms. The number of amides is 3. The number of likely N-dealkylation sites (N-methyl/N-ethyl adjacent to an activating group) is 1. The highest BCUT2D eigenvalue weighted by Gasteiger charge is 2.34.